The van der Waals surface area contributed by atoms with Crippen molar-refractivity contribution in [3.63, 3.8) is 0 Å². The minimum Gasteiger partial charge on any atom is -0.493 e. The highest BCUT2D eigenvalue weighted by Crippen LogP contribution is 2.33. The highest BCUT2D eigenvalue weighted by molar-refractivity contribution is 6.19. The first-order chi connectivity index (χ1) is 20.8. The minimum atomic E-state index is -0.588. The van der Waals surface area contributed by atoms with E-state index in [0.717, 1.165) is 39.4 Å². The summed E-state index contributed by atoms with van der Waals surface area (Å²) in [7, 11) is 0. The van der Waals surface area contributed by atoms with Crippen molar-refractivity contribution in [3.8, 4) is 28.8 Å². The lowest BCUT2D eigenvalue weighted by molar-refractivity contribution is -0.141. The number of hydrogen-bond acceptors (Lipinski definition) is 5. The van der Waals surface area contributed by atoms with E-state index in [1.807, 2.05) is 98.1 Å². The van der Waals surface area contributed by atoms with Gasteiger partial charge in [-0.3, -0.25) is 14.5 Å². The maximum absolute atomic E-state index is 13.8. The molecule has 4 aromatic rings. The van der Waals surface area contributed by atoms with Crippen LogP contribution in [-0.2, 0) is 16.1 Å². The summed E-state index contributed by atoms with van der Waals surface area (Å²) < 4.78 is 7.80. The van der Waals surface area contributed by atoms with Gasteiger partial charge in [-0.1, -0.05) is 62.4 Å². The first kappa shape index (κ1) is 29.3. The number of nitriles is 1. The monoisotopic (exact) mass is 570 g/mol. The van der Waals surface area contributed by atoms with Crippen LogP contribution < -0.4 is 4.74 Å². The van der Waals surface area contributed by atoms with Gasteiger partial charge in [0.15, 0.2) is 0 Å². The maximum atomic E-state index is 13.8. The Morgan fingerprint density at radius 3 is 2.30 bits per heavy atom. The summed E-state index contributed by atoms with van der Waals surface area (Å²) >= 11 is 0. The van der Waals surface area contributed by atoms with Gasteiger partial charge in [-0.25, -0.2) is 4.68 Å². The number of carbonyl (C=O) groups excluding carboxylic acids is 2. The van der Waals surface area contributed by atoms with Crippen LogP contribution in [0.4, 0.5) is 0 Å². The average Bonchev–Trinajstić information content (AvgIpc) is 3.43. The molecule has 3 aromatic carbocycles. The molecule has 0 atom stereocenters. The van der Waals surface area contributed by atoms with Crippen molar-refractivity contribution in [1.82, 2.24) is 14.7 Å². The zero-order chi connectivity index (χ0) is 30.5. The van der Waals surface area contributed by atoms with E-state index in [1.165, 1.54) is 0 Å². The van der Waals surface area contributed by atoms with E-state index < -0.39 is 11.8 Å². The van der Waals surface area contributed by atoms with E-state index in [4.69, 9.17) is 9.84 Å². The fourth-order valence-electron chi connectivity index (χ4n) is 4.99. The molecule has 7 nitrogen and oxygen atoms in total. The normalized spacial score (nSPS) is 14.5. The number of aromatic nitrogens is 2. The number of hydrogen-bond donors (Lipinski definition) is 0. The van der Waals surface area contributed by atoms with Crippen LogP contribution in [0.2, 0.25) is 0 Å². The summed E-state index contributed by atoms with van der Waals surface area (Å²) in [5.41, 5.74) is 5.44. The number of benzene rings is 3. The van der Waals surface area contributed by atoms with Crippen LogP contribution >= 0.6 is 0 Å². The van der Waals surface area contributed by atoms with Gasteiger partial charge in [0.05, 0.1) is 24.5 Å². The van der Waals surface area contributed by atoms with Gasteiger partial charge in [-0.2, -0.15) is 10.4 Å². The molecular weight excluding hydrogens is 536 g/mol. The average molecular weight is 571 g/mol. The second-order valence-electron chi connectivity index (χ2n) is 11.1. The van der Waals surface area contributed by atoms with E-state index in [9.17, 15) is 14.9 Å². The number of nitrogens with zero attached hydrogens (tertiary/aromatic N) is 4. The summed E-state index contributed by atoms with van der Waals surface area (Å²) in [4.78, 5) is 28.2. The molecule has 7 heteroatoms. The molecule has 216 valence electrons. The molecule has 0 N–H and O–H groups in total. The van der Waals surface area contributed by atoms with Crippen LogP contribution in [0.3, 0.4) is 0 Å². The topological polar surface area (TPSA) is 88.2 Å². The Bertz CT molecular complexity index is 1760. The van der Waals surface area contributed by atoms with Crippen molar-refractivity contribution in [2.75, 3.05) is 6.61 Å². The number of para-hydroxylation sites is 1. The highest BCUT2D eigenvalue weighted by Gasteiger charge is 2.35. The van der Waals surface area contributed by atoms with Crippen molar-refractivity contribution in [2.24, 2.45) is 5.92 Å². The summed E-state index contributed by atoms with van der Waals surface area (Å²) in [6.07, 6.45) is 4.57. The third-order valence-electron chi connectivity index (χ3n) is 7.47. The Balaban J connectivity index is 1.60. The molecule has 0 saturated carbocycles. The van der Waals surface area contributed by atoms with Gasteiger partial charge in [0.1, 0.15) is 17.4 Å². The zero-order valence-corrected chi connectivity index (χ0v) is 24.9. The third-order valence-corrected chi connectivity index (χ3v) is 7.47. The molecule has 2 amide bonds. The minimum absolute atomic E-state index is 0.0440. The SMILES string of the molecule is CC1=C(C#N)C(=O)N(Cc2ccccc2)C(=O)/C1=C/c1cn(-c2ccccc2)nc1-c1ccc(OCCC(C)C)c(C)c1. The molecule has 1 aliphatic rings. The van der Waals surface area contributed by atoms with Gasteiger partial charge in [0, 0.05) is 22.9 Å². The summed E-state index contributed by atoms with van der Waals surface area (Å²) in [6, 6.07) is 27.0. The zero-order valence-electron chi connectivity index (χ0n) is 24.9. The molecule has 0 bridgehead atoms. The number of aryl methyl sites for hydroxylation is 1. The lowest BCUT2D eigenvalue weighted by Crippen LogP contribution is -2.42. The molecule has 0 unspecified atom stereocenters. The largest absolute Gasteiger partial charge is 0.493 e. The Hall–Kier alpha value is -5.22. The Labute approximate surface area is 252 Å². The first-order valence-electron chi connectivity index (χ1n) is 14.4. The molecule has 1 aliphatic heterocycles. The van der Waals surface area contributed by atoms with Gasteiger partial charge >= 0.3 is 0 Å². The Morgan fingerprint density at radius 2 is 1.65 bits per heavy atom. The standard InChI is InChI=1S/C36H34N4O3/c1-24(2)17-18-43-33-16-15-28(19-25(33)3)34-29(23-40(38-34)30-13-9-6-10-14-30)20-31-26(4)32(21-37)36(42)39(35(31)41)22-27-11-7-5-8-12-27/h5-16,19-20,23-24H,17-18,22H2,1-4H3/b31-20+. The van der Waals surface area contributed by atoms with Crippen LogP contribution in [0.1, 0.15) is 43.9 Å². The fourth-order valence-corrected chi connectivity index (χ4v) is 4.99. The van der Waals surface area contributed by atoms with Gasteiger partial charge in [0.25, 0.3) is 11.8 Å². The second-order valence-corrected chi connectivity index (χ2v) is 11.1. The van der Waals surface area contributed by atoms with Gasteiger partial charge in [-0.05, 0) is 79.3 Å². The molecule has 2 heterocycles. The van der Waals surface area contributed by atoms with Crippen molar-refractivity contribution >= 4 is 17.9 Å². The summed E-state index contributed by atoms with van der Waals surface area (Å²) in [5, 5.41) is 14.8. The maximum Gasteiger partial charge on any atom is 0.271 e. The van der Waals surface area contributed by atoms with Crippen molar-refractivity contribution in [2.45, 2.75) is 40.7 Å². The molecule has 0 fully saturated rings. The quantitative estimate of drug-likeness (QED) is 0.159. The second kappa shape index (κ2) is 12.7. The molecule has 0 saturated heterocycles. The molecule has 0 radical (unpaired) electrons. The fraction of sp³-hybridized carbons (Fsp3) is 0.222. The van der Waals surface area contributed by atoms with Crippen LogP contribution in [0.25, 0.3) is 23.0 Å². The number of imide groups is 1. The number of ether oxygens (including phenoxy) is 1. The first-order valence-corrected chi connectivity index (χ1v) is 14.4. The number of rotatable bonds is 9. The van der Waals surface area contributed by atoms with Crippen LogP contribution in [0.5, 0.6) is 5.75 Å². The van der Waals surface area contributed by atoms with Gasteiger partial charge in [-0.15, -0.1) is 0 Å². The van der Waals surface area contributed by atoms with E-state index >= 15 is 0 Å². The molecular formula is C36H34N4O3. The van der Waals surface area contributed by atoms with E-state index in [-0.39, 0.29) is 17.7 Å². The van der Waals surface area contributed by atoms with Gasteiger partial charge in [0.2, 0.25) is 0 Å². The molecule has 0 aliphatic carbocycles. The van der Waals surface area contributed by atoms with Crippen molar-refractivity contribution < 1.29 is 14.3 Å². The highest BCUT2D eigenvalue weighted by atomic mass is 16.5. The lowest BCUT2D eigenvalue weighted by Gasteiger charge is -2.27. The Kier molecular flexibility index (Phi) is 8.68. The molecule has 1 aromatic heterocycles. The van der Waals surface area contributed by atoms with Gasteiger partial charge < -0.3 is 4.74 Å². The van der Waals surface area contributed by atoms with Crippen LogP contribution in [0, 0.1) is 24.2 Å². The number of carbonyl (C=O) groups is 2. The van der Waals surface area contributed by atoms with E-state index in [0.29, 0.717) is 29.4 Å². The molecule has 0 spiro atoms. The van der Waals surface area contributed by atoms with Crippen molar-refractivity contribution in [3.05, 3.63) is 118 Å². The molecule has 43 heavy (non-hydrogen) atoms. The predicted molar refractivity (Wildman–Crippen MR) is 167 cm³/mol. The Morgan fingerprint density at radius 1 is 0.953 bits per heavy atom. The summed E-state index contributed by atoms with van der Waals surface area (Å²) in [6.45, 7) is 8.71. The number of amides is 2. The van der Waals surface area contributed by atoms with E-state index in [2.05, 4.69) is 13.8 Å². The predicted octanol–water partition coefficient (Wildman–Crippen LogP) is 7.07. The summed E-state index contributed by atoms with van der Waals surface area (Å²) in [5.74, 6) is 0.336. The third kappa shape index (κ3) is 6.34. The lowest BCUT2D eigenvalue weighted by atomic mass is 9.93. The van der Waals surface area contributed by atoms with Crippen LogP contribution in [-0.4, -0.2) is 33.1 Å². The van der Waals surface area contributed by atoms with Crippen molar-refractivity contribution in [1.29, 1.82) is 5.26 Å². The smallest absolute Gasteiger partial charge is 0.271 e. The van der Waals surface area contributed by atoms with E-state index in [1.54, 1.807) is 17.7 Å². The van der Waals surface area contributed by atoms with Crippen LogP contribution in [0.15, 0.2) is 102 Å². The molecule has 5 rings (SSSR count).